The van der Waals surface area contributed by atoms with Gasteiger partial charge in [-0.3, -0.25) is 0 Å². The molecular formula is C11H15ClFN. The van der Waals surface area contributed by atoms with Crippen LogP contribution in [-0.4, -0.2) is 6.04 Å². The van der Waals surface area contributed by atoms with Gasteiger partial charge in [-0.2, -0.15) is 0 Å². The minimum absolute atomic E-state index is 0.180. The summed E-state index contributed by atoms with van der Waals surface area (Å²) in [5.74, 6) is -0.368. The zero-order chi connectivity index (χ0) is 10.7. The molecule has 3 heteroatoms. The summed E-state index contributed by atoms with van der Waals surface area (Å²) in [5, 5.41) is 3.51. The summed E-state index contributed by atoms with van der Waals surface area (Å²) >= 11 is 5.69. The van der Waals surface area contributed by atoms with Crippen LogP contribution < -0.4 is 5.32 Å². The van der Waals surface area contributed by atoms with E-state index in [1.807, 2.05) is 6.92 Å². The summed E-state index contributed by atoms with van der Waals surface area (Å²) in [6.45, 7) is 6.17. The molecule has 0 aromatic heterocycles. The van der Waals surface area contributed by atoms with Gasteiger partial charge in [0.05, 0.1) is 5.02 Å². The molecule has 1 atom stereocenters. The standard InChI is InChI=1S/C11H15ClFN/c1-7(2)14-8(3)9-4-5-11(13)10(12)6-9/h4-8,14H,1-3H3/t8-/m0/s1. The topological polar surface area (TPSA) is 12.0 Å². The van der Waals surface area contributed by atoms with E-state index in [0.29, 0.717) is 6.04 Å². The van der Waals surface area contributed by atoms with Gasteiger partial charge in [0.25, 0.3) is 0 Å². The van der Waals surface area contributed by atoms with Gasteiger partial charge in [0, 0.05) is 12.1 Å². The molecule has 1 N–H and O–H groups in total. The van der Waals surface area contributed by atoms with Crippen LogP contribution in [0.3, 0.4) is 0 Å². The van der Waals surface area contributed by atoms with Crippen molar-refractivity contribution in [3.05, 3.63) is 34.6 Å². The van der Waals surface area contributed by atoms with E-state index in [9.17, 15) is 4.39 Å². The van der Waals surface area contributed by atoms with Gasteiger partial charge in [0.2, 0.25) is 0 Å². The minimum atomic E-state index is -0.368. The number of nitrogens with one attached hydrogen (secondary N) is 1. The van der Waals surface area contributed by atoms with Crippen LogP contribution in [0.2, 0.25) is 5.02 Å². The van der Waals surface area contributed by atoms with Gasteiger partial charge in [-0.25, -0.2) is 4.39 Å². The van der Waals surface area contributed by atoms with E-state index in [1.165, 1.54) is 6.07 Å². The van der Waals surface area contributed by atoms with E-state index in [2.05, 4.69) is 19.2 Å². The molecule has 0 aliphatic rings. The van der Waals surface area contributed by atoms with Gasteiger partial charge in [-0.05, 0) is 24.6 Å². The van der Waals surface area contributed by atoms with E-state index < -0.39 is 0 Å². The van der Waals surface area contributed by atoms with Crippen LogP contribution in [0.5, 0.6) is 0 Å². The third-order valence-electron chi connectivity index (χ3n) is 2.03. The molecule has 0 saturated heterocycles. The van der Waals surface area contributed by atoms with Crippen LogP contribution in [-0.2, 0) is 0 Å². The second-order valence-electron chi connectivity index (χ2n) is 3.72. The summed E-state index contributed by atoms with van der Waals surface area (Å²) in [6.07, 6.45) is 0. The number of hydrogen-bond donors (Lipinski definition) is 1. The van der Waals surface area contributed by atoms with Gasteiger partial charge < -0.3 is 5.32 Å². The Morgan fingerprint density at radius 3 is 2.43 bits per heavy atom. The lowest BCUT2D eigenvalue weighted by atomic mass is 10.1. The monoisotopic (exact) mass is 215 g/mol. The maximum atomic E-state index is 12.9. The molecule has 0 spiro atoms. The van der Waals surface area contributed by atoms with Crippen LogP contribution in [0.1, 0.15) is 32.4 Å². The number of hydrogen-bond acceptors (Lipinski definition) is 1. The second-order valence-corrected chi connectivity index (χ2v) is 4.12. The predicted molar refractivity (Wildman–Crippen MR) is 58.1 cm³/mol. The van der Waals surface area contributed by atoms with E-state index in [-0.39, 0.29) is 16.9 Å². The molecule has 0 aliphatic carbocycles. The van der Waals surface area contributed by atoms with Gasteiger partial charge >= 0.3 is 0 Å². The van der Waals surface area contributed by atoms with E-state index in [4.69, 9.17) is 11.6 Å². The van der Waals surface area contributed by atoms with Crippen LogP contribution in [0, 0.1) is 5.82 Å². The minimum Gasteiger partial charge on any atom is -0.308 e. The smallest absolute Gasteiger partial charge is 0.141 e. The lowest BCUT2D eigenvalue weighted by Gasteiger charge is -2.17. The van der Waals surface area contributed by atoms with Crippen molar-refractivity contribution in [2.75, 3.05) is 0 Å². The fourth-order valence-electron chi connectivity index (χ4n) is 1.38. The lowest BCUT2D eigenvalue weighted by Crippen LogP contribution is -2.26. The zero-order valence-electron chi connectivity index (χ0n) is 8.64. The molecule has 0 saturated carbocycles. The van der Waals surface area contributed by atoms with Crippen molar-refractivity contribution in [2.24, 2.45) is 0 Å². The Hall–Kier alpha value is -0.600. The quantitative estimate of drug-likeness (QED) is 0.814. The number of halogens is 2. The van der Waals surface area contributed by atoms with Crippen molar-refractivity contribution >= 4 is 11.6 Å². The Morgan fingerprint density at radius 1 is 1.29 bits per heavy atom. The maximum Gasteiger partial charge on any atom is 0.141 e. The summed E-state index contributed by atoms with van der Waals surface area (Å²) in [5.41, 5.74) is 1.00. The highest BCUT2D eigenvalue weighted by Gasteiger charge is 2.08. The second kappa shape index (κ2) is 4.76. The van der Waals surface area contributed by atoms with Crippen LogP contribution in [0.25, 0.3) is 0 Å². The highest BCUT2D eigenvalue weighted by molar-refractivity contribution is 6.30. The molecule has 1 aromatic carbocycles. The molecule has 0 aliphatic heterocycles. The molecule has 78 valence electrons. The van der Waals surface area contributed by atoms with Gasteiger partial charge in [-0.1, -0.05) is 31.5 Å². The first kappa shape index (κ1) is 11.5. The maximum absolute atomic E-state index is 12.9. The molecule has 0 radical (unpaired) electrons. The largest absolute Gasteiger partial charge is 0.308 e. The third kappa shape index (κ3) is 2.96. The van der Waals surface area contributed by atoms with E-state index in [0.717, 1.165) is 5.56 Å². The molecule has 1 rings (SSSR count). The Kier molecular flexibility index (Phi) is 3.90. The third-order valence-corrected chi connectivity index (χ3v) is 2.32. The Bertz CT molecular complexity index is 312. The first-order valence-electron chi connectivity index (χ1n) is 4.71. The molecule has 0 amide bonds. The molecule has 0 heterocycles. The van der Waals surface area contributed by atoms with Crippen LogP contribution >= 0.6 is 11.6 Å². The highest BCUT2D eigenvalue weighted by atomic mass is 35.5. The number of rotatable bonds is 3. The summed E-state index contributed by atoms with van der Waals surface area (Å²) in [7, 11) is 0. The zero-order valence-corrected chi connectivity index (χ0v) is 9.40. The Balaban J connectivity index is 2.80. The molecule has 1 aromatic rings. The van der Waals surface area contributed by atoms with Gasteiger partial charge in [0.1, 0.15) is 5.82 Å². The average molecular weight is 216 g/mol. The van der Waals surface area contributed by atoms with E-state index >= 15 is 0 Å². The van der Waals surface area contributed by atoms with Gasteiger partial charge in [0.15, 0.2) is 0 Å². The number of benzene rings is 1. The summed E-state index contributed by atoms with van der Waals surface area (Å²) < 4.78 is 12.9. The summed E-state index contributed by atoms with van der Waals surface area (Å²) in [6, 6.07) is 5.40. The fraction of sp³-hybridized carbons (Fsp3) is 0.455. The molecule has 0 fully saturated rings. The molecule has 14 heavy (non-hydrogen) atoms. The van der Waals surface area contributed by atoms with Crippen molar-refractivity contribution < 1.29 is 4.39 Å². The van der Waals surface area contributed by atoms with Crippen molar-refractivity contribution in [3.8, 4) is 0 Å². The first-order chi connectivity index (χ1) is 6.50. The fourth-order valence-corrected chi connectivity index (χ4v) is 1.57. The first-order valence-corrected chi connectivity index (χ1v) is 5.09. The molecule has 1 nitrogen and oxygen atoms in total. The normalized spacial score (nSPS) is 13.3. The summed E-state index contributed by atoms with van der Waals surface area (Å²) in [4.78, 5) is 0. The Labute approximate surface area is 89.3 Å². The average Bonchev–Trinajstić information content (AvgIpc) is 2.08. The van der Waals surface area contributed by atoms with E-state index in [1.54, 1.807) is 12.1 Å². The highest BCUT2D eigenvalue weighted by Crippen LogP contribution is 2.20. The lowest BCUT2D eigenvalue weighted by molar-refractivity contribution is 0.505. The van der Waals surface area contributed by atoms with Gasteiger partial charge in [-0.15, -0.1) is 0 Å². The predicted octanol–water partition coefficient (Wildman–Crippen LogP) is 3.54. The van der Waals surface area contributed by atoms with Crippen LogP contribution in [0.15, 0.2) is 18.2 Å². The van der Waals surface area contributed by atoms with Crippen LogP contribution in [0.4, 0.5) is 4.39 Å². The molecule has 0 bridgehead atoms. The SMILES string of the molecule is CC(C)N[C@@H](C)c1ccc(F)c(Cl)c1. The van der Waals surface area contributed by atoms with Crippen molar-refractivity contribution in [1.29, 1.82) is 0 Å². The molecular weight excluding hydrogens is 201 g/mol. The Morgan fingerprint density at radius 2 is 1.93 bits per heavy atom. The molecule has 0 unspecified atom stereocenters. The van der Waals surface area contributed by atoms with Crippen molar-refractivity contribution in [3.63, 3.8) is 0 Å². The van der Waals surface area contributed by atoms with Crippen molar-refractivity contribution in [2.45, 2.75) is 32.9 Å². The van der Waals surface area contributed by atoms with Crippen molar-refractivity contribution in [1.82, 2.24) is 5.32 Å².